The fraction of sp³-hybridized carbons (Fsp3) is 0.318. The van der Waals surface area contributed by atoms with Crippen LogP contribution in [0.3, 0.4) is 0 Å². The average molecular weight is 381 g/mol. The number of aromatic amines is 1. The van der Waals surface area contributed by atoms with Gasteiger partial charge in [0.25, 0.3) is 0 Å². The van der Waals surface area contributed by atoms with E-state index in [1.54, 1.807) is 0 Å². The van der Waals surface area contributed by atoms with Gasteiger partial charge in [0, 0.05) is 28.2 Å². The fourth-order valence-electron chi connectivity index (χ4n) is 3.85. The van der Waals surface area contributed by atoms with Crippen LogP contribution < -0.4 is 9.64 Å². The molecule has 2 aromatic carbocycles. The second-order valence-electron chi connectivity index (χ2n) is 7.32. The van der Waals surface area contributed by atoms with Crippen LogP contribution in [0.1, 0.15) is 16.7 Å². The van der Waals surface area contributed by atoms with E-state index in [4.69, 9.17) is 9.47 Å². The Bertz CT molecular complexity index is 957. The molecule has 28 heavy (non-hydrogen) atoms. The molecule has 0 saturated carbocycles. The van der Waals surface area contributed by atoms with Crippen molar-refractivity contribution in [2.75, 3.05) is 20.3 Å². The first-order chi connectivity index (χ1) is 13.6. The highest BCUT2D eigenvalue weighted by Gasteiger charge is 2.24. The number of quaternary nitrogens is 1. The van der Waals surface area contributed by atoms with Crippen molar-refractivity contribution in [3.8, 4) is 5.75 Å². The summed E-state index contributed by atoms with van der Waals surface area (Å²) in [6.45, 7) is 2.77. The number of esters is 1. The van der Waals surface area contributed by atoms with E-state index in [-0.39, 0.29) is 19.0 Å². The Kier molecular flexibility index (Phi) is 5.32. The minimum Gasteiger partial charge on any atom is -0.491 e. The molecule has 6 heteroatoms. The number of fused-ring (bicyclic) bond motifs is 2. The highest BCUT2D eigenvalue weighted by molar-refractivity contribution is 5.88. The molecule has 1 atom stereocenters. The number of hydrogen-bond acceptors (Lipinski definition) is 4. The van der Waals surface area contributed by atoms with Crippen molar-refractivity contribution in [2.24, 2.45) is 0 Å². The van der Waals surface area contributed by atoms with Crippen molar-refractivity contribution in [2.45, 2.75) is 25.6 Å². The number of carbonyl (C=O) groups is 1. The number of ether oxygens (including phenoxy) is 2. The number of nitrogens with one attached hydrogen (secondary N) is 2. The van der Waals surface area contributed by atoms with E-state index in [1.807, 2.05) is 24.4 Å². The zero-order valence-electron chi connectivity index (χ0n) is 15.9. The van der Waals surface area contributed by atoms with Crippen LogP contribution in [0.2, 0.25) is 0 Å². The number of hydrogen-bond donors (Lipinski definition) is 3. The molecule has 146 valence electrons. The smallest absolute Gasteiger partial charge is 0.310 e. The molecule has 4 rings (SSSR count). The molecule has 0 saturated heterocycles. The number of carbonyl (C=O) groups excluding carboxylic acids is 1. The van der Waals surface area contributed by atoms with Gasteiger partial charge in [0.15, 0.2) is 0 Å². The van der Waals surface area contributed by atoms with Crippen molar-refractivity contribution in [3.05, 3.63) is 65.4 Å². The third kappa shape index (κ3) is 4.03. The quantitative estimate of drug-likeness (QED) is 0.538. The van der Waals surface area contributed by atoms with Gasteiger partial charge in [-0.2, -0.15) is 0 Å². The SMILES string of the molecule is COC(=O)Cc1c[nH]c2ccc(OC[C@@H](O)C[NH+]3Cc4ccccc4C3)cc12. The van der Waals surface area contributed by atoms with E-state index < -0.39 is 6.10 Å². The van der Waals surface area contributed by atoms with Crippen LogP contribution in [0, 0.1) is 0 Å². The number of H-pyrrole nitrogens is 1. The topological polar surface area (TPSA) is 76.0 Å². The van der Waals surface area contributed by atoms with Gasteiger partial charge in [0.1, 0.15) is 38.1 Å². The highest BCUT2D eigenvalue weighted by atomic mass is 16.5. The van der Waals surface area contributed by atoms with Crippen LogP contribution in [0.25, 0.3) is 10.9 Å². The largest absolute Gasteiger partial charge is 0.491 e. The Morgan fingerprint density at radius 1 is 1.21 bits per heavy atom. The van der Waals surface area contributed by atoms with Gasteiger partial charge in [0.2, 0.25) is 0 Å². The molecule has 3 aromatic rings. The highest BCUT2D eigenvalue weighted by Crippen LogP contribution is 2.24. The summed E-state index contributed by atoms with van der Waals surface area (Å²) in [6.07, 6.45) is 1.48. The van der Waals surface area contributed by atoms with E-state index in [1.165, 1.54) is 23.1 Å². The van der Waals surface area contributed by atoms with Crippen molar-refractivity contribution in [1.82, 2.24) is 4.98 Å². The van der Waals surface area contributed by atoms with E-state index in [9.17, 15) is 9.90 Å². The monoisotopic (exact) mass is 381 g/mol. The van der Waals surface area contributed by atoms with E-state index >= 15 is 0 Å². The third-order valence-corrected chi connectivity index (χ3v) is 5.27. The molecule has 1 aliphatic rings. The van der Waals surface area contributed by atoms with E-state index in [0.29, 0.717) is 12.3 Å². The van der Waals surface area contributed by atoms with Gasteiger partial charge in [-0.3, -0.25) is 4.79 Å². The molecule has 0 spiro atoms. The summed E-state index contributed by atoms with van der Waals surface area (Å²) in [5.74, 6) is 0.397. The third-order valence-electron chi connectivity index (χ3n) is 5.27. The first-order valence-corrected chi connectivity index (χ1v) is 9.50. The maximum absolute atomic E-state index is 11.6. The van der Waals surface area contributed by atoms with Gasteiger partial charge in [-0.1, -0.05) is 24.3 Å². The number of methoxy groups -OCH3 is 1. The predicted molar refractivity (Wildman–Crippen MR) is 105 cm³/mol. The molecule has 1 aliphatic heterocycles. The molecule has 3 N–H and O–H groups in total. The molecule has 1 aromatic heterocycles. The molecule has 2 heterocycles. The van der Waals surface area contributed by atoms with Gasteiger partial charge >= 0.3 is 5.97 Å². The van der Waals surface area contributed by atoms with Crippen LogP contribution >= 0.6 is 0 Å². The van der Waals surface area contributed by atoms with Crippen LogP contribution in [0.4, 0.5) is 0 Å². The predicted octanol–water partition coefficient (Wildman–Crippen LogP) is 1.22. The lowest BCUT2D eigenvalue weighted by Gasteiger charge is -2.17. The number of aromatic nitrogens is 1. The Hall–Kier alpha value is -2.83. The van der Waals surface area contributed by atoms with Crippen LogP contribution in [0.15, 0.2) is 48.7 Å². The molecular weight excluding hydrogens is 356 g/mol. The Morgan fingerprint density at radius 3 is 2.68 bits per heavy atom. The van der Waals surface area contributed by atoms with Crippen molar-refractivity contribution in [1.29, 1.82) is 0 Å². The fourth-order valence-corrected chi connectivity index (χ4v) is 3.85. The van der Waals surface area contributed by atoms with E-state index in [0.717, 1.165) is 29.6 Å². The molecule has 0 aliphatic carbocycles. The summed E-state index contributed by atoms with van der Waals surface area (Å²) in [5.41, 5.74) is 4.53. The lowest BCUT2D eigenvalue weighted by molar-refractivity contribution is -0.923. The standard InChI is InChI=1S/C22H24N2O4/c1-27-22(26)8-17-10-23-21-7-6-19(9-20(17)21)28-14-18(25)13-24-11-15-4-2-3-5-16(15)12-24/h2-7,9-10,18,23,25H,8,11-14H2,1H3/p+1/t18-/m0/s1. The van der Waals surface area contributed by atoms with Crippen molar-refractivity contribution < 1.29 is 24.3 Å². The summed E-state index contributed by atoms with van der Waals surface area (Å²) >= 11 is 0. The normalized spacial score (nSPS) is 14.8. The molecule has 0 bridgehead atoms. The first kappa shape index (κ1) is 18.5. The van der Waals surface area contributed by atoms with Crippen LogP contribution in [0.5, 0.6) is 5.75 Å². The Labute approximate surface area is 163 Å². The van der Waals surface area contributed by atoms with Crippen molar-refractivity contribution >= 4 is 16.9 Å². The average Bonchev–Trinajstić information content (AvgIpc) is 3.29. The Balaban J connectivity index is 1.35. The van der Waals surface area contributed by atoms with Gasteiger partial charge in [-0.05, 0) is 23.8 Å². The maximum atomic E-state index is 11.6. The zero-order chi connectivity index (χ0) is 19.5. The van der Waals surface area contributed by atoms with Gasteiger partial charge in [-0.15, -0.1) is 0 Å². The molecule has 0 fully saturated rings. The maximum Gasteiger partial charge on any atom is 0.310 e. The second-order valence-corrected chi connectivity index (χ2v) is 7.32. The summed E-state index contributed by atoms with van der Waals surface area (Å²) in [5, 5.41) is 11.3. The van der Waals surface area contributed by atoms with Gasteiger partial charge < -0.3 is 24.5 Å². The summed E-state index contributed by atoms with van der Waals surface area (Å²) in [4.78, 5) is 16.1. The lowest BCUT2D eigenvalue weighted by Crippen LogP contribution is -3.09. The van der Waals surface area contributed by atoms with Crippen molar-refractivity contribution in [3.63, 3.8) is 0 Å². The minimum absolute atomic E-state index is 0.210. The number of aliphatic hydroxyl groups excluding tert-OH is 1. The lowest BCUT2D eigenvalue weighted by atomic mass is 10.1. The summed E-state index contributed by atoms with van der Waals surface area (Å²) in [7, 11) is 1.38. The number of benzene rings is 2. The number of rotatable bonds is 7. The minimum atomic E-state index is -0.541. The van der Waals surface area contributed by atoms with Gasteiger partial charge in [-0.25, -0.2) is 0 Å². The summed E-state index contributed by atoms with van der Waals surface area (Å²) < 4.78 is 10.6. The number of aliphatic hydroxyl groups is 1. The van der Waals surface area contributed by atoms with E-state index in [2.05, 4.69) is 29.2 Å². The van der Waals surface area contributed by atoms with Gasteiger partial charge in [0.05, 0.1) is 13.5 Å². The molecular formula is C22H25N2O4+. The van der Waals surface area contributed by atoms with Crippen LogP contribution in [-0.4, -0.2) is 42.4 Å². The molecule has 0 radical (unpaired) electrons. The molecule has 6 nitrogen and oxygen atoms in total. The Morgan fingerprint density at radius 2 is 1.96 bits per heavy atom. The molecule has 0 unspecified atom stereocenters. The zero-order valence-corrected chi connectivity index (χ0v) is 15.9. The second kappa shape index (κ2) is 8.04. The first-order valence-electron chi connectivity index (χ1n) is 9.50. The molecule has 0 amide bonds. The summed E-state index contributed by atoms with van der Waals surface area (Å²) in [6, 6.07) is 14.1. The van der Waals surface area contributed by atoms with Crippen LogP contribution in [-0.2, 0) is 29.0 Å².